The van der Waals surface area contributed by atoms with Gasteiger partial charge in [-0.3, -0.25) is 9.35 Å². The molecule has 0 aliphatic heterocycles. The predicted molar refractivity (Wildman–Crippen MR) is 216 cm³/mol. The van der Waals surface area contributed by atoms with E-state index in [-0.39, 0.29) is 5.91 Å². The molecule has 0 aromatic carbocycles. The fourth-order valence-corrected chi connectivity index (χ4v) is 6.97. The molecule has 292 valence electrons. The first kappa shape index (κ1) is 48.3. The Morgan fingerprint density at radius 3 is 1.42 bits per heavy atom. The van der Waals surface area contributed by atoms with Gasteiger partial charge in [-0.1, -0.05) is 191 Å². The van der Waals surface area contributed by atoms with E-state index in [4.69, 9.17) is 0 Å². The Hall–Kier alpha value is -1.70. The molecule has 0 heterocycles. The molecule has 0 aliphatic rings. The zero-order valence-corrected chi connectivity index (χ0v) is 33.3. The van der Waals surface area contributed by atoms with Gasteiger partial charge >= 0.3 is 0 Å². The summed E-state index contributed by atoms with van der Waals surface area (Å²) in [7, 11) is -4.31. The molecule has 2 unspecified atom stereocenters. The minimum atomic E-state index is -4.31. The molecule has 2 atom stereocenters. The largest absolute Gasteiger partial charge is 0.391 e. The molecule has 6 nitrogen and oxygen atoms in total. The quantitative estimate of drug-likeness (QED) is 0.0336. The Morgan fingerprint density at radius 2 is 0.960 bits per heavy atom. The highest BCUT2D eigenvalue weighted by Crippen LogP contribution is 2.16. The molecule has 0 spiro atoms. The van der Waals surface area contributed by atoms with Crippen LogP contribution < -0.4 is 5.32 Å². The highest BCUT2D eigenvalue weighted by Gasteiger charge is 2.26. The number of hydrogen-bond acceptors (Lipinski definition) is 4. The average Bonchev–Trinajstić information content (AvgIpc) is 3.08. The lowest BCUT2D eigenvalue weighted by Gasteiger charge is -2.23. The molecule has 7 heteroatoms. The molecule has 0 aromatic heterocycles. The molecular weight excluding hydrogens is 643 g/mol. The normalized spacial score (nSPS) is 13.8. The van der Waals surface area contributed by atoms with Crippen molar-refractivity contribution in [3.63, 3.8) is 0 Å². The third-order valence-corrected chi connectivity index (χ3v) is 10.1. The second kappa shape index (κ2) is 37.1. The zero-order valence-electron chi connectivity index (χ0n) is 32.5. The van der Waals surface area contributed by atoms with E-state index in [1.54, 1.807) is 0 Å². The summed E-state index contributed by atoms with van der Waals surface area (Å²) < 4.78 is 32.5. The number of carbonyl (C=O) groups is 1. The van der Waals surface area contributed by atoms with Crippen LogP contribution in [0.4, 0.5) is 0 Å². The van der Waals surface area contributed by atoms with Crippen molar-refractivity contribution in [3.05, 3.63) is 48.6 Å². The van der Waals surface area contributed by atoms with E-state index in [0.717, 1.165) is 77.0 Å². The van der Waals surface area contributed by atoms with Crippen LogP contribution in [0, 0.1) is 0 Å². The summed E-state index contributed by atoms with van der Waals surface area (Å²) in [6.45, 7) is 4.41. The number of hydrogen-bond donors (Lipinski definition) is 3. The maximum atomic E-state index is 12.5. The van der Waals surface area contributed by atoms with Crippen molar-refractivity contribution in [1.82, 2.24) is 5.32 Å². The molecule has 0 bridgehead atoms. The SMILES string of the molecule is CC/C=C\C/C=C\C/C=C\C/C=C\CCCCCCCCCCC(=O)NC(CS(=O)(=O)O)C(O)CCCCCCCCCCCCCCCC. The molecule has 0 fully saturated rings. The number of nitrogens with one attached hydrogen (secondary N) is 1. The van der Waals surface area contributed by atoms with Crippen LogP contribution in [0.3, 0.4) is 0 Å². The Bertz CT molecular complexity index is 972. The summed E-state index contributed by atoms with van der Waals surface area (Å²) in [6.07, 6.45) is 49.1. The summed E-state index contributed by atoms with van der Waals surface area (Å²) in [5.74, 6) is -0.907. The van der Waals surface area contributed by atoms with Crippen molar-refractivity contribution < 1.29 is 22.9 Å². The zero-order chi connectivity index (χ0) is 36.8. The number of aliphatic hydroxyl groups is 1. The summed E-state index contributed by atoms with van der Waals surface area (Å²) >= 11 is 0. The van der Waals surface area contributed by atoms with Crippen molar-refractivity contribution in [3.8, 4) is 0 Å². The minimum Gasteiger partial charge on any atom is -0.391 e. The van der Waals surface area contributed by atoms with Gasteiger partial charge in [-0.15, -0.1) is 0 Å². The molecule has 1 amide bonds. The lowest BCUT2D eigenvalue weighted by atomic mass is 10.0. The van der Waals surface area contributed by atoms with Crippen LogP contribution in [0.2, 0.25) is 0 Å². The van der Waals surface area contributed by atoms with Gasteiger partial charge in [0.05, 0.1) is 17.9 Å². The van der Waals surface area contributed by atoms with Crippen LogP contribution in [0.1, 0.15) is 200 Å². The van der Waals surface area contributed by atoms with Crippen molar-refractivity contribution >= 4 is 16.0 Å². The van der Waals surface area contributed by atoms with Crippen LogP contribution >= 0.6 is 0 Å². The Morgan fingerprint density at radius 1 is 0.560 bits per heavy atom. The molecule has 0 aromatic rings. The van der Waals surface area contributed by atoms with Crippen molar-refractivity contribution in [2.45, 2.75) is 212 Å². The van der Waals surface area contributed by atoms with Gasteiger partial charge in [0.2, 0.25) is 5.91 Å². The minimum absolute atomic E-state index is 0.255. The maximum absolute atomic E-state index is 12.5. The topological polar surface area (TPSA) is 104 Å². The lowest BCUT2D eigenvalue weighted by Crippen LogP contribution is -2.47. The van der Waals surface area contributed by atoms with Crippen LogP contribution in [-0.2, 0) is 14.9 Å². The van der Waals surface area contributed by atoms with E-state index in [0.29, 0.717) is 12.8 Å². The van der Waals surface area contributed by atoms with Gasteiger partial charge in [-0.05, 0) is 51.4 Å². The third-order valence-electron chi connectivity index (χ3n) is 9.30. The van der Waals surface area contributed by atoms with E-state index in [2.05, 4.69) is 67.8 Å². The monoisotopic (exact) mass is 722 g/mol. The number of amides is 1. The van der Waals surface area contributed by atoms with Gasteiger partial charge in [0.1, 0.15) is 0 Å². The van der Waals surface area contributed by atoms with E-state index >= 15 is 0 Å². The molecule has 50 heavy (non-hydrogen) atoms. The first-order valence-electron chi connectivity index (χ1n) is 20.8. The molecule has 0 aliphatic carbocycles. The molecule has 3 N–H and O–H groups in total. The molecular formula is C43H79NO5S. The van der Waals surface area contributed by atoms with Crippen LogP contribution in [0.15, 0.2) is 48.6 Å². The highest BCUT2D eigenvalue weighted by molar-refractivity contribution is 7.85. The fourth-order valence-electron chi connectivity index (χ4n) is 6.21. The molecule has 0 saturated heterocycles. The molecule has 0 rings (SSSR count). The van der Waals surface area contributed by atoms with Gasteiger partial charge in [-0.2, -0.15) is 8.42 Å². The smallest absolute Gasteiger partial charge is 0.266 e. The van der Waals surface area contributed by atoms with Crippen molar-refractivity contribution in [2.75, 3.05) is 5.75 Å². The fraction of sp³-hybridized carbons (Fsp3) is 0.791. The predicted octanol–water partition coefficient (Wildman–Crippen LogP) is 12.3. The number of carbonyl (C=O) groups excluding carboxylic acids is 1. The first-order valence-corrected chi connectivity index (χ1v) is 22.4. The van der Waals surface area contributed by atoms with E-state index in [9.17, 15) is 22.9 Å². The number of aliphatic hydroxyl groups excluding tert-OH is 1. The van der Waals surface area contributed by atoms with Crippen LogP contribution in [0.25, 0.3) is 0 Å². The van der Waals surface area contributed by atoms with Gasteiger partial charge in [-0.25, -0.2) is 0 Å². The van der Waals surface area contributed by atoms with Gasteiger partial charge < -0.3 is 10.4 Å². The Labute approximate surface area is 309 Å². The van der Waals surface area contributed by atoms with E-state index in [1.165, 1.54) is 96.3 Å². The maximum Gasteiger partial charge on any atom is 0.266 e. The Balaban J connectivity index is 3.87. The van der Waals surface area contributed by atoms with Gasteiger partial charge in [0.25, 0.3) is 10.1 Å². The molecule has 0 saturated carbocycles. The Kier molecular flexibility index (Phi) is 35.8. The average molecular weight is 722 g/mol. The highest BCUT2D eigenvalue weighted by atomic mass is 32.2. The standard InChI is InChI=1S/C43H79NO5S/c1-3-5-7-9-11-13-15-17-19-20-21-22-23-24-25-27-29-31-33-35-37-39-43(46)44-41(40-50(47,48)49)42(45)38-36-34-32-30-28-26-18-16-14-12-10-8-6-4-2/h5,7,11,13,17,19,21-22,41-42,45H,3-4,6,8-10,12,14-16,18,20,23-40H2,1-2H3,(H,44,46)(H,47,48,49)/b7-5-,13-11-,19-17-,22-21-. The first-order chi connectivity index (χ1) is 24.3. The number of unbranched alkanes of at least 4 members (excludes halogenated alkanes) is 21. The van der Waals surface area contributed by atoms with Crippen LogP contribution in [0.5, 0.6) is 0 Å². The number of allylic oxidation sites excluding steroid dienone is 8. The lowest BCUT2D eigenvalue weighted by molar-refractivity contribution is -0.122. The second-order valence-electron chi connectivity index (χ2n) is 14.2. The third kappa shape index (κ3) is 37.6. The molecule has 0 radical (unpaired) electrons. The second-order valence-corrected chi connectivity index (χ2v) is 15.7. The van der Waals surface area contributed by atoms with Gasteiger partial charge in [0.15, 0.2) is 0 Å². The van der Waals surface area contributed by atoms with E-state index in [1.807, 2.05) is 0 Å². The summed E-state index contributed by atoms with van der Waals surface area (Å²) in [4.78, 5) is 12.5. The number of rotatable bonds is 37. The van der Waals surface area contributed by atoms with Gasteiger partial charge in [0, 0.05) is 6.42 Å². The summed E-state index contributed by atoms with van der Waals surface area (Å²) in [5.41, 5.74) is 0. The summed E-state index contributed by atoms with van der Waals surface area (Å²) in [5, 5.41) is 13.4. The van der Waals surface area contributed by atoms with Crippen molar-refractivity contribution in [1.29, 1.82) is 0 Å². The van der Waals surface area contributed by atoms with E-state index < -0.39 is 28.0 Å². The summed E-state index contributed by atoms with van der Waals surface area (Å²) in [6, 6.07) is -0.976. The van der Waals surface area contributed by atoms with Crippen molar-refractivity contribution in [2.24, 2.45) is 0 Å². The van der Waals surface area contributed by atoms with Crippen LogP contribution in [-0.4, -0.2) is 41.9 Å².